The van der Waals surface area contributed by atoms with E-state index in [9.17, 15) is 4.79 Å². The van der Waals surface area contributed by atoms with Gasteiger partial charge in [0.15, 0.2) is 0 Å². The quantitative estimate of drug-likeness (QED) is 0.884. The lowest BCUT2D eigenvalue weighted by Crippen LogP contribution is -2.42. The Labute approximate surface area is 126 Å². The predicted molar refractivity (Wildman–Crippen MR) is 87.9 cm³/mol. The minimum Gasteiger partial charge on any atom is -0.348 e. The van der Waals surface area contributed by atoms with Gasteiger partial charge in [-0.05, 0) is 35.6 Å². The second-order valence-electron chi connectivity index (χ2n) is 6.03. The van der Waals surface area contributed by atoms with Crippen molar-refractivity contribution >= 4 is 16.7 Å². The Balaban J connectivity index is 2.15. The van der Waals surface area contributed by atoms with Gasteiger partial charge in [0.05, 0.1) is 12.1 Å². The van der Waals surface area contributed by atoms with E-state index in [0.717, 1.165) is 5.56 Å². The molecule has 21 heavy (non-hydrogen) atoms. The highest BCUT2D eigenvalue weighted by atomic mass is 16.2. The SMILES string of the molecule is CC(C)C[C@H](N)C(=O)NC(C)c1cccc2ccccc12. The summed E-state index contributed by atoms with van der Waals surface area (Å²) in [5.41, 5.74) is 7.07. The summed E-state index contributed by atoms with van der Waals surface area (Å²) < 4.78 is 0. The monoisotopic (exact) mass is 284 g/mol. The zero-order valence-corrected chi connectivity index (χ0v) is 13.0. The molecule has 0 aliphatic carbocycles. The summed E-state index contributed by atoms with van der Waals surface area (Å²) >= 11 is 0. The van der Waals surface area contributed by atoms with E-state index < -0.39 is 6.04 Å². The number of rotatable bonds is 5. The van der Waals surface area contributed by atoms with Gasteiger partial charge in [-0.15, -0.1) is 0 Å². The smallest absolute Gasteiger partial charge is 0.237 e. The molecule has 3 N–H and O–H groups in total. The third-order valence-corrected chi connectivity index (χ3v) is 3.71. The van der Waals surface area contributed by atoms with Crippen LogP contribution in [0, 0.1) is 5.92 Å². The van der Waals surface area contributed by atoms with Crippen LogP contribution in [0.25, 0.3) is 10.8 Å². The average molecular weight is 284 g/mol. The summed E-state index contributed by atoms with van der Waals surface area (Å²) in [4.78, 5) is 12.2. The molecule has 0 heterocycles. The van der Waals surface area contributed by atoms with E-state index in [1.54, 1.807) is 0 Å². The maximum Gasteiger partial charge on any atom is 0.237 e. The zero-order valence-electron chi connectivity index (χ0n) is 13.0. The zero-order chi connectivity index (χ0) is 15.4. The fourth-order valence-corrected chi connectivity index (χ4v) is 2.64. The van der Waals surface area contributed by atoms with Gasteiger partial charge in [-0.25, -0.2) is 0 Å². The summed E-state index contributed by atoms with van der Waals surface area (Å²) in [6, 6.07) is 13.9. The maximum atomic E-state index is 12.2. The molecule has 0 aromatic heterocycles. The first kappa shape index (κ1) is 15.5. The Morgan fingerprint density at radius 3 is 2.48 bits per heavy atom. The highest BCUT2D eigenvalue weighted by Crippen LogP contribution is 2.24. The van der Waals surface area contributed by atoms with Crippen LogP contribution in [0.15, 0.2) is 42.5 Å². The van der Waals surface area contributed by atoms with Crippen LogP contribution < -0.4 is 11.1 Å². The van der Waals surface area contributed by atoms with Gasteiger partial charge in [0, 0.05) is 0 Å². The minimum atomic E-state index is -0.442. The van der Waals surface area contributed by atoms with Gasteiger partial charge in [-0.3, -0.25) is 4.79 Å². The lowest BCUT2D eigenvalue weighted by molar-refractivity contribution is -0.123. The molecule has 0 radical (unpaired) electrons. The molecule has 0 aliphatic rings. The highest BCUT2D eigenvalue weighted by Gasteiger charge is 2.18. The standard InChI is InChI=1S/C18H24N2O/c1-12(2)11-17(19)18(21)20-13(3)15-10-6-8-14-7-4-5-9-16(14)15/h4-10,12-13,17H,11,19H2,1-3H3,(H,20,21)/t13?,17-/m0/s1. The van der Waals surface area contributed by atoms with Gasteiger partial charge in [0.25, 0.3) is 0 Å². The van der Waals surface area contributed by atoms with E-state index in [0.29, 0.717) is 12.3 Å². The van der Waals surface area contributed by atoms with E-state index >= 15 is 0 Å². The molecule has 0 bridgehead atoms. The van der Waals surface area contributed by atoms with E-state index in [-0.39, 0.29) is 11.9 Å². The number of fused-ring (bicyclic) bond motifs is 1. The van der Waals surface area contributed by atoms with Crippen molar-refractivity contribution in [3.05, 3.63) is 48.0 Å². The van der Waals surface area contributed by atoms with Crippen LogP contribution in [-0.4, -0.2) is 11.9 Å². The number of hydrogen-bond acceptors (Lipinski definition) is 2. The molecule has 2 aromatic carbocycles. The summed E-state index contributed by atoms with van der Waals surface area (Å²) in [7, 11) is 0. The van der Waals surface area contributed by atoms with Gasteiger partial charge in [-0.2, -0.15) is 0 Å². The highest BCUT2D eigenvalue weighted by molar-refractivity contribution is 5.87. The van der Waals surface area contributed by atoms with Crippen molar-refractivity contribution in [2.75, 3.05) is 0 Å². The van der Waals surface area contributed by atoms with Crippen LogP contribution in [0.1, 0.15) is 38.8 Å². The van der Waals surface area contributed by atoms with Crippen LogP contribution in [0.2, 0.25) is 0 Å². The van der Waals surface area contributed by atoms with Crippen molar-refractivity contribution < 1.29 is 4.79 Å². The number of nitrogens with two attached hydrogens (primary N) is 1. The van der Waals surface area contributed by atoms with E-state index in [2.05, 4.69) is 43.4 Å². The molecule has 1 amide bonds. The first-order chi connectivity index (χ1) is 9.99. The molecule has 0 aliphatic heterocycles. The third kappa shape index (κ3) is 3.82. The van der Waals surface area contributed by atoms with Gasteiger partial charge < -0.3 is 11.1 Å². The number of carbonyl (C=O) groups is 1. The number of carbonyl (C=O) groups excluding carboxylic acids is 1. The molecule has 0 saturated heterocycles. The Morgan fingerprint density at radius 2 is 1.76 bits per heavy atom. The number of amides is 1. The topological polar surface area (TPSA) is 55.1 Å². The Bertz CT molecular complexity index is 616. The summed E-state index contributed by atoms with van der Waals surface area (Å²) in [6.45, 7) is 6.14. The molecule has 2 atom stereocenters. The number of hydrogen-bond donors (Lipinski definition) is 2. The van der Waals surface area contributed by atoms with Crippen LogP contribution in [0.4, 0.5) is 0 Å². The van der Waals surface area contributed by atoms with Gasteiger partial charge in [0.1, 0.15) is 0 Å². The van der Waals surface area contributed by atoms with Crippen molar-refractivity contribution in [1.82, 2.24) is 5.32 Å². The first-order valence-electron chi connectivity index (χ1n) is 7.52. The van der Waals surface area contributed by atoms with Crippen molar-refractivity contribution in [3.8, 4) is 0 Å². The third-order valence-electron chi connectivity index (χ3n) is 3.71. The van der Waals surface area contributed by atoms with Crippen molar-refractivity contribution in [2.45, 2.75) is 39.3 Å². The van der Waals surface area contributed by atoms with Crippen molar-refractivity contribution in [1.29, 1.82) is 0 Å². The van der Waals surface area contributed by atoms with Crippen LogP contribution in [0.3, 0.4) is 0 Å². The molecule has 1 unspecified atom stereocenters. The molecule has 2 aromatic rings. The van der Waals surface area contributed by atoms with Crippen LogP contribution in [0.5, 0.6) is 0 Å². The van der Waals surface area contributed by atoms with Crippen LogP contribution >= 0.6 is 0 Å². The van der Waals surface area contributed by atoms with Gasteiger partial charge in [0.2, 0.25) is 5.91 Å². The molecule has 3 heteroatoms. The Kier molecular flexibility index (Phi) is 4.97. The largest absolute Gasteiger partial charge is 0.348 e. The first-order valence-corrected chi connectivity index (χ1v) is 7.52. The van der Waals surface area contributed by atoms with E-state index in [1.165, 1.54) is 10.8 Å². The summed E-state index contributed by atoms with van der Waals surface area (Å²) in [5.74, 6) is 0.336. The second kappa shape index (κ2) is 6.72. The molecule has 0 fully saturated rings. The fraction of sp³-hybridized carbons (Fsp3) is 0.389. The van der Waals surface area contributed by atoms with Gasteiger partial charge in [-0.1, -0.05) is 56.3 Å². The molecule has 3 nitrogen and oxygen atoms in total. The minimum absolute atomic E-state index is 0.0539. The fourth-order valence-electron chi connectivity index (χ4n) is 2.64. The van der Waals surface area contributed by atoms with Crippen molar-refractivity contribution in [2.24, 2.45) is 11.7 Å². The molecular weight excluding hydrogens is 260 g/mol. The van der Waals surface area contributed by atoms with E-state index in [4.69, 9.17) is 5.73 Å². The summed E-state index contributed by atoms with van der Waals surface area (Å²) in [5, 5.41) is 5.38. The second-order valence-corrected chi connectivity index (χ2v) is 6.03. The van der Waals surface area contributed by atoms with Crippen LogP contribution in [-0.2, 0) is 4.79 Å². The predicted octanol–water partition coefficient (Wildman–Crippen LogP) is 3.39. The molecule has 0 spiro atoms. The Hall–Kier alpha value is -1.87. The molecule has 0 saturated carbocycles. The Morgan fingerprint density at radius 1 is 1.10 bits per heavy atom. The maximum absolute atomic E-state index is 12.2. The molecule has 2 rings (SSSR count). The number of benzene rings is 2. The summed E-state index contributed by atoms with van der Waals surface area (Å²) in [6.07, 6.45) is 0.702. The normalized spacial score (nSPS) is 14.1. The van der Waals surface area contributed by atoms with Gasteiger partial charge >= 0.3 is 0 Å². The molecular formula is C18H24N2O. The van der Waals surface area contributed by atoms with Crippen molar-refractivity contribution in [3.63, 3.8) is 0 Å². The van der Waals surface area contributed by atoms with E-state index in [1.807, 2.05) is 25.1 Å². The lowest BCUT2D eigenvalue weighted by Gasteiger charge is -2.20. The molecule has 112 valence electrons. The lowest BCUT2D eigenvalue weighted by atomic mass is 9.99. The average Bonchev–Trinajstić information content (AvgIpc) is 2.45. The number of nitrogens with one attached hydrogen (secondary N) is 1.